The summed E-state index contributed by atoms with van der Waals surface area (Å²) in [5.41, 5.74) is 1.95. The fourth-order valence-corrected chi connectivity index (χ4v) is 4.16. The lowest BCUT2D eigenvalue weighted by Gasteiger charge is -2.41. The Morgan fingerprint density at radius 2 is 2.08 bits per heavy atom. The summed E-state index contributed by atoms with van der Waals surface area (Å²) < 4.78 is 2.19. The van der Waals surface area contributed by atoms with Crippen LogP contribution in [0.3, 0.4) is 0 Å². The highest BCUT2D eigenvalue weighted by Gasteiger charge is 2.33. The lowest BCUT2D eigenvalue weighted by atomic mass is 10.1. The SMILES string of the molecule is CCn1ccc2cc(C(=O)N3CCN(CC4CC4)[C@H](CCO)C3)ccc21. The van der Waals surface area contributed by atoms with Crippen LogP contribution < -0.4 is 0 Å². The number of aromatic nitrogens is 1. The predicted octanol–water partition coefficient (Wildman–Crippen LogP) is 2.58. The lowest BCUT2D eigenvalue weighted by Crippen LogP contribution is -2.55. The summed E-state index contributed by atoms with van der Waals surface area (Å²) in [5, 5.41) is 10.6. The van der Waals surface area contributed by atoms with E-state index >= 15 is 0 Å². The molecular weight excluding hydrogens is 326 g/mol. The van der Waals surface area contributed by atoms with Crippen LogP contribution in [0, 0.1) is 5.92 Å². The second kappa shape index (κ2) is 7.41. The number of carbonyl (C=O) groups is 1. The standard InChI is InChI=1S/C21H29N3O2/c1-2-22-9-7-17-13-18(5-6-20(17)22)21(26)24-11-10-23(14-16-3-4-16)19(15-24)8-12-25/h5-7,9,13,16,19,25H,2-4,8,10-12,14-15H2,1H3/t19-/m1/s1. The zero-order valence-electron chi connectivity index (χ0n) is 15.6. The molecular formula is C21H29N3O2. The quantitative estimate of drug-likeness (QED) is 0.866. The van der Waals surface area contributed by atoms with Gasteiger partial charge in [-0.05, 0) is 56.4 Å². The van der Waals surface area contributed by atoms with Gasteiger partial charge in [0.2, 0.25) is 0 Å². The molecule has 4 rings (SSSR count). The van der Waals surface area contributed by atoms with E-state index in [-0.39, 0.29) is 18.6 Å². The van der Waals surface area contributed by atoms with Gasteiger partial charge in [-0.3, -0.25) is 9.69 Å². The van der Waals surface area contributed by atoms with Crippen molar-refractivity contribution in [2.24, 2.45) is 5.92 Å². The number of aryl methyl sites for hydroxylation is 1. The van der Waals surface area contributed by atoms with E-state index in [9.17, 15) is 9.90 Å². The van der Waals surface area contributed by atoms with E-state index in [4.69, 9.17) is 0 Å². The van der Waals surface area contributed by atoms with Crippen LogP contribution >= 0.6 is 0 Å². The summed E-state index contributed by atoms with van der Waals surface area (Å²) in [6.45, 7) is 6.79. The fraction of sp³-hybridized carbons (Fsp3) is 0.571. The molecule has 140 valence electrons. The van der Waals surface area contributed by atoms with Gasteiger partial charge in [0.15, 0.2) is 0 Å². The van der Waals surface area contributed by atoms with Crippen molar-refractivity contribution >= 4 is 16.8 Å². The molecule has 2 aliphatic rings. The first-order chi connectivity index (χ1) is 12.7. The average Bonchev–Trinajstić information content (AvgIpc) is 3.38. The highest BCUT2D eigenvalue weighted by atomic mass is 16.3. The van der Waals surface area contributed by atoms with E-state index < -0.39 is 0 Å². The molecule has 5 nitrogen and oxygen atoms in total. The maximum absolute atomic E-state index is 13.0. The Balaban J connectivity index is 1.48. The van der Waals surface area contributed by atoms with Crippen LogP contribution in [0.2, 0.25) is 0 Å². The van der Waals surface area contributed by atoms with E-state index in [0.29, 0.717) is 0 Å². The van der Waals surface area contributed by atoms with Crippen LogP contribution in [0.1, 0.15) is 36.5 Å². The van der Waals surface area contributed by atoms with Crippen LogP contribution in [0.15, 0.2) is 30.5 Å². The maximum Gasteiger partial charge on any atom is 0.253 e. The van der Waals surface area contributed by atoms with E-state index in [1.165, 1.54) is 18.4 Å². The summed E-state index contributed by atoms with van der Waals surface area (Å²) >= 11 is 0. The van der Waals surface area contributed by atoms with Gasteiger partial charge in [-0.1, -0.05) is 0 Å². The topological polar surface area (TPSA) is 48.7 Å². The Labute approximate surface area is 155 Å². The van der Waals surface area contributed by atoms with Crippen LogP contribution in [0.4, 0.5) is 0 Å². The molecule has 1 aliphatic carbocycles. The molecule has 1 saturated carbocycles. The molecule has 0 bridgehead atoms. The highest BCUT2D eigenvalue weighted by Crippen LogP contribution is 2.31. The van der Waals surface area contributed by atoms with Gasteiger partial charge < -0.3 is 14.6 Å². The number of amides is 1. The third-order valence-corrected chi connectivity index (χ3v) is 5.90. The minimum absolute atomic E-state index is 0.116. The number of hydrogen-bond acceptors (Lipinski definition) is 3. The van der Waals surface area contributed by atoms with Gasteiger partial charge in [-0.15, -0.1) is 0 Å². The molecule has 0 radical (unpaired) electrons. The van der Waals surface area contributed by atoms with Gasteiger partial charge in [0.25, 0.3) is 5.91 Å². The van der Waals surface area contributed by atoms with Gasteiger partial charge in [-0.2, -0.15) is 0 Å². The number of rotatable bonds is 6. The van der Waals surface area contributed by atoms with Crippen LogP contribution in [-0.2, 0) is 6.54 Å². The van der Waals surface area contributed by atoms with Crippen molar-refractivity contribution in [2.75, 3.05) is 32.8 Å². The van der Waals surface area contributed by atoms with Gasteiger partial charge in [0, 0.05) is 68.0 Å². The van der Waals surface area contributed by atoms with Crippen molar-refractivity contribution < 1.29 is 9.90 Å². The summed E-state index contributed by atoms with van der Waals surface area (Å²) in [6.07, 6.45) is 5.49. The van der Waals surface area contributed by atoms with Gasteiger partial charge in [0.05, 0.1) is 0 Å². The third-order valence-electron chi connectivity index (χ3n) is 5.90. The molecule has 26 heavy (non-hydrogen) atoms. The zero-order chi connectivity index (χ0) is 18.1. The minimum atomic E-state index is 0.116. The molecule has 1 N–H and O–H groups in total. The largest absolute Gasteiger partial charge is 0.396 e. The first-order valence-corrected chi connectivity index (χ1v) is 9.92. The lowest BCUT2D eigenvalue weighted by molar-refractivity contribution is 0.0407. The van der Waals surface area contributed by atoms with Crippen molar-refractivity contribution in [2.45, 2.75) is 38.8 Å². The molecule has 5 heteroatoms. The first-order valence-electron chi connectivity index (χ1n) is 9.92. The molecule has 1 aliphatic heterocycles. The number of nitrogens with zero attached hydrogens (tertiary/aromatic N) is 3. The Morgan fingerprint density at radius 1 is 1.23 bits per heavy atom. The number of carbonyl (C=O) groups excluding carboxylic acids is 1. The molecule has 1 aromatic carbocycles. The van der Waals surface area contributed by atoms with Crippen LogP contribution in [0.25, 0.3) is 10.9 Å². The summed E-state index contributed by atoms with van der Waals surface area (Å²) in [5.74, 6) is 0.952. The number of aliphatic hydroxyl groups excluding tert-OH is 1. The Morgan fingerprint density at radius 3 is 2.81 bits per heavy atom. The summed E-state index contributed by atoms with van der Waals surface area (Å²) in [6, 6.07) is 8.39. The van der Waals surface area contributed by atoms with E-state index in [1.54, 1.807) is 0 Å². The van der Waals surface area contributed by atoms with Crippen molar-refractivity contribution in [3.63, 3.8) is 0 Å². The van der Waals surface area contributed by atoms with Gasteiger partial charge in [-0.25, -0.2) is 0 Å². The number of aliphatic hydroxyl groups is 1. The second-order valence-corrected chi connectivity index (χ2v) is 7.73. The fourth-order valence-electron chi connectivity index (χ4n) is 4.16. The van der Waals surface area contributed by atoms with E-state index in [0.717, 1.165) is 56.0 Å². The molecule has 0 unspecified atom stereocenters. The van der Waals surface area contributed by atoms with Crippen molar-refractivity contribution in [3.05, 3.63) is 36.0 Å². The second-order valence-electron chi connectivity index (χ2n) is 7.73. The van der Waals surface area contributed by atoms with E-state index in [1.807, 2.05) is 17.0 Å². The number of hydrogen-bond donors (Lipinski definition) is 1. The first kappa shape index (κ1) is 17.6. The van der Waals surface area contributed by atoms with Crippen molar-refractivity contribution in [1.82, 2.24) is 14.4 Å². The number of benzene rings is 1. The normalized spacial score (nSPS) is 21.5. The third kappa shape index (κ3) is 3.51. The van der Waals surface area contributed by atoms with Crippen molar-refractivity contribution in [3.8, 4) is 0 Å². The molecule has 1 atom stereocenters. The average molecular weight is 355 g/mol. The van der Waals surface area contributed by atoms with Gasteiger partial charge >= 0.3 is 0 Å². The Hall–Kier alpha value is -1.85. The minimum Gasteiger partial charge on any atom is -0.396 e. The Bertz CT molecular complexity index is 781. The van der Waals surface area contributed by atoms with Crippen LogP contribution in [0.5, 0.6) is 0 Å². The monoisotopic (exact) mass is 355 g/mol. The Kier molecular flexibility index (Phi) is 5.00. The summed E-state index contributed by atoms with van der Waals surface area (Å²) in [7, 11) is 0. The molecule has 1 saturated heterocycles. The predicted molar refractivity (Wildman–Crippen MR) is 103 cm³/mol. The zero-order valence-corrected chi connectivity index (χ0v) is 15.6. The van der Waals surface area contributed by atoms with Crippen LogP contribution in [-0.4, -0.2) is 64.2 Å². The maximum atomic E-state index is 13.0. The highest BCUT2D eigenvalue weighted by molar-refractivity contribution is 5.98. The molecule has 2 heterocycles. The molecule has 1 amide bonds. The van der Waals surface area contributed by atoms with Gasteiger partial charge in [0.1, 0.15) is 0 Å². The molecule has 2 aromatic rings. The smallest absolute Gasteiger partial charge is 0.253 e. The molecule has 1 aromatic heterocycles. The van der Waals surface area contributed by atoms with Crippen molar-refractivity contribution in [1.29, 1.82) is 0 Å². The number of piperazine rings is 1. The molecule has 0 spiro atoms. The van der Waals surface area contributed by atoms with E-state index in [2.05, 4.69) is 34.7 Å². The molecule has 2 fully saturated rings. The number of fused-ring (bicyclic) bond motifs is 1. The summed E-state index contributed by atoms with van der Waals surface area (Å²) in [4.78, 5) is 17.5.